The van der Waals surface area contributed by atoms with Gasteiger partial charge >= 0.3 is 0 Å². The zero-order valence-corrected chi connectivity index (χ0v) is 11.8. The van der Waals surface area contributed by atoms with Gasteiger partial charge in [-0.3, -0.25) is 0 Å². The summed E-state index contributed by atoms with van der Waals surface area (Å²) in [6, 6.07) is 20.0. The Labute approximate surface area is 121 Å². The SMILES string of the molecule is c1ccc(OCCCCCCOc2ccccc2)cc1. The summed E-state index contributed by atoms with van der Waals surface area (Å²) in [4.78, 5) is 0. The van der Waals surface area contributed by atoms with Gasteiger partial charge in [0.1, 0.15) is 11.5 Å². The van der Waals surface area contributed by atoms with Crippen molar-refractivity contribution < 1.29 is 9.47 Å². The second-order valence-corrected chi connectivity index (χ2v) is 4.74. The van der Waals surface area contributed by atoms with Gasteiger partial charge in [0, 0.05) is 0 Å². The first-order chi connectivity index (χ1) is 9.95. The van der Waals surface area contributed by atoms with Crippen molar-refractivity contribution >= 4 is 0 Å². The predicted octanol–water partition coefficient (Wildman–Crippen LogP) is 4.70. The fraction of sp³-hybridized carbons (Fsp3) is 0.333. The molecule has 0 radical (unpaired) electrons. The Morgan fingerprint density at radius 2 is 0.900 bits per heavy atom. The van der Waals surface area contributed by atoms with E-state index < -0.39 is 0 Å². The molecular formula is C18H22O2. The van der Waals surface area contributed by atoms with Crippen LogP contribution in [0.5, 0.6) is 11.5 Å². The predicted molar refractivity (Wildman–Crippen MR) is 82.3 cm³/mol. The maximum absolute atomic E-state index is 5.65. The molecule has 2 heteroatoms. The zero-order valence-electron chi connectivity index (χ0n) is 11.8. The van der Waals surface area contributed by atoms with E-state index in [0.29, 0.717) is 0 Å². The number of hydrogen-bond acceptors (Lipinski definition) is 2. The number of para-hydroxylation sites is 2. The molecule has 0 N–H and O–H groups in total. The van der Waals surface area contributed by atoms with Crippen molar-refractivity contribution in [3.8, 4) is 11.5 Å². The van der Waals surface area contributed by atoms with Gasteiger partial charge in [-0.15, -0.1) is 0 Å². The van der Waals surface area contributed by atoms with E-state index in [-0.39, 0.29) is 0 Å². The van der Waals surface area contributed by atoms with E-state index in [2.05, 4.69) is 0 Å². The maximum atomic E-state index is 5.65. The molecule has 0 heterocycles. The highest BCUT2D eigenvalue weighted by Crippen LogP contribution is 2.11. The van der Waals surface area contributed by atoms with Crippen LogP contribution in [0.15, 0.2) is 60.7 Å². The number of ether oxygens (including phenoxy) is 2. The average molecular weight is 270 g/mol. The fourth-order valence-electron chi connectivity index (χ4n) is 1.97. The molecule has 0 unspecified atom stereocenters. The lowest BCUT2D eigenvalue weighted by atomic mass is 10.2. The second-order valence-electron chi connectivity index (χ2n) is 4.74. The largest absolute Gasteiger partial charge is 0.494 e. The molecule has 0 aliphatic carbocycles. The third-order valence-electron chi connectivity index (χ3n) is 3.06. The van der Waals surface area contributed by atoms with Crippen LogP contribution >= 0.6 is 0 Å². The van der Waals surface area contributed by atoms with Crippen molar-refractivity contribution in [3.63, 3.8) is 0 Å². The molecule has 20 heavy (non-hydrogen) atoms. The average Bonchev–Trinajstić information content (AvgIpc) is 2.52. The van der Waals surface area contributed by atoms with E-state index in [9.17, 15) is 0 Å². The minimum Gasteiger partial charge on any atom is -0.494 e. The van der Waals surface area contributed by atoms with Crippen LogP contribution in [-0.4, -0.2) is 13.2 Å². The molecule has 0 saturated heterocycles. The molecule has 0 bridgehead atoms. The van der Waals surface area contributed by atoms with Crippen LogP contribution in [0, 0.1) is 0 Å². The summed E-state index contributed by atoms with van der Waals surface area (Å²) >= 11 is 0. The van der Waals surface area contributed by atoms with Gasteiger partial charge in [0.25, 0.3) is 0 Å². The summed E-state index contributed by atoms with van der Waals surface area (Å²) in [7, 11) is 0. The Balaban J connectivity index is 1.44. The molecule has 0 spiro atoms. The van der Waals surface area contributed by atoms with Crippen molar-refractivity contribution in [2.24, 2.45) is 0 Å². The lowest BCUT2D eigenvalue weighted by Gasteiger charge is -2.07. The standard InChI is InChI=1S/C18H22O2/c1(9-15-19-17-11-5-3-6-12-17)2-10-16-20-18-13-7-4-8-14-18/h3-8,11-14H,1-2,9-10,15-16H2. The Hall–Kier alpha value is -1.96. The summed E-state index contributed by atoms with van der Waals surface area (Å²) in [6.45, 7) is 1.59. The maximum Gasteiger partial charge on any atom is 0.119 e. The molecule has 2 aromatic carbocycles. The molecule has 0 aliphatic heterocycles. The molecule has 106 valence electrons. The Kier molecular flexibility index (Phi) is 6.52. The van der Waals surface area contributed by atoms with Crippen molar-refractivity contribution in [2.45, 2.75) is 25.7 Å². The summed E-state index contributed by atoms with van der Waals surface area (Å²) in [6.07, 6.45) is 4.57. The highest BCUT2D eigenvalue weighted by molar-refractivity contribution is 5.21. The molecule has 0 aromatic heterocycles. The third kappa shape index (κ3) is 5.79. The highest BCUT2D eigenvalue weighted by atomic mass is 16.5. The smallest absolute Gasteiger partial charge is 0.119 e. The number of hydrogen-bond donors (Lipinski definition) is 0. The lowest BCUT2D eigenvalue weighted by molar-refractivity contribution is 0.287. The van der Waals surface area contributed by atoms with Crippen LogP contribution in [0.4, 0.5) is 0 Å². The first kappa shape index (κ1) is 14.4. The Morgan fingerprint density at radius 1 is 0.500 bits per heavy atom. The number of benzene rings is 2. The molecule has 0 saturated carbocycles. The minimum absolute atomic E-state index is 0.795. The van der Waals surface area contributed by atoms with Crippen molar-refractivity contribution in [3.05, 3.63) is 60.7 Å². The summed E-state index contributed by atoms with van der Waals surface area (Å²) in [5.41, 5.74) is 0. The van der Waals surface area contributed by atoms with Gasteiger partial charge < -0.3 is 9.47 Å². The van der Waals surface area contributed by atoms with Gasteiger partial charge in [-0.1, -0.05) is 36.4 Å². The topological polar surface area (TPSA) is 18.5 Å². The molecule has 2 nitrogen and oxygen atoms in total. The minimum atomic E-state index is 0.795. The summed E-state index contributed by atoms with van der Waals surface area (Å²) < 4.78 is 11.3. The summed E-state index contributed by atoms with van der Waals surface area (Å²) in [5.74, 6) is 1.92. The van der Waals surface area contributed by atoms with Crippen LogP contribution in [0.2, 0.25) is 0 Å². The molecule has 0 amide bonds. The van der Waals surface area contributed by atoms with Crippen LogP contribution in [-0.2, 0) is 0 Å². The van der Waals surface area contributed by atoms with Crippen LogP contribution in [0.25, 0.3) is 0 Å². The first-order valence-electron chi connectivity index (χ1n) is 7.31. The van der Waals surface area contributed by atoms with E-state index in [1.54, 1.807) is 0 Å². The number of rotatable bonds is 9. The highest BCUT2D eigenvalue weighted by Gasteiger charge is 1.94. The van der Waals surface area contributed by atoms with Crippen molar-refractivity contribution in [1.82, 2.24) is 0 Å². The van der Waals surface area contributed by atoms with E-state index in [1.807, 2.05) is 60.7 Å². The fourth-order valence-corrected chi connectivity index (χ4v) is 1.97. The molecule has 0 atom stereocenters. The monoisotopic (exact) mass is 270 g/mol. The molecule has 2 aromatic rings. The van der Waals surface area contributed by atoms with Crippen LogP contribution in [0.3, 0.4) is 0 Å². The molecular weight excluding hydrogens is 248 g/mol. The normalized spacial score (nSPS) is 10.2. The molecule has 2 rings (SSSR count). The van der Waals surface area contributed by atoms with Gasteiger partial charge in [0.05, 0.1) is 13.2 Å². The second kappa shape index (κ2) is 9.03. The van der Waals surface area contributed by atoms with Gasteiger partial charge in [-0.25, -0.2) is 0 Å². The third-order valence-corrected chi connectivity index (χ3v) is 3.06. The zero-order chi connectivity index (χ0) is 13.9. The van der Waals surface area contributed by atoms with Gasteiger partial charge in [-0.2, -0.15) is 0 Å². The molecule has 0 fully saturated rings. The van der Waals surface area contributed by atoms with Crippen LogP contribution in [0.1, 0.15) is 25.7 Å². The van der Waals surface area contributed by atoms with E-state index in [0.717, 1.165) is 37.6 Å². The van der Waals surface area contributed by atoms with Crippen LogP contribution < -0.4 is 9.47 Å². The van der Waals surface area contributed by atoms with E-state index in [1.165, 1.54) is 12.8 Å². The van der Waals surface area contributed by atoms with Gasteiger partial charge in [0.15, 0.2) is 0 Å². The quantitative estimate of drug-likeness (QED) is 0.615. The van der Waals surface area contributed by atoms with Gasteiger partial charge in [-0.05, 0) is 49.9 Å². The van der Waals surface area contributed by atoms with E-state index >= 15 is 0 Å². The van der Waals surface area contributed by atoms with E-state index in [4.69, 9.17) is 9.47 Å². The lowest BCUT2D eigenvalue weighted by Crippen LogP contribution is -1.99. The Bertz CT molecular complexity index is 408. The molecule has 0 aliphatic rings. The van der Waals surface area contributed by atoms with Crippen molar-refractivity contribution in [1.29, 1.82) is 0 Å². The first-order valence-corrected chi connectivity index (χ1v) is 7.31. The summed E-state index contributed by atoms with van der Waals surface area (Å²) in [5, 5.41) is 0. The number of unbranched alkanes of at least 4 members (excludes halogenated alkanes) is 3. The van der Waals surface area contributed by atoms with Crippen molar-refractivity contribution in [2.75, 3.05) is 13.2 Å². The van der Waals surface area contributed by atoms with Gasteiger partial charge in [0.2, 0.25) is 0 Å². The Morgan fingerprint density at radius 3 is 1.30 bits per heavy atom.